The molecule has 1 fully saturated rings. The highest BCUT2D eigenvalue weighted by atomic mass is 16.2. The van der Waals surface area contributed by atoms with E-state index in [9.17, 15) is 9.59 Å². The fourth-order valence-electron chi connectivity index (χ4n) is 4.02. The normalized spacial score (nSPS) is 16.7. The van der Waals surface area contributed by atoms with E-state index in [4.69, 9.17) is 0 Å². The number of fused-ring (bicyclic) bond motifs is 1. The van der Waals surface area contributed by atoms with Gasteiger partial charge in [-0.3, -0.25) is 14.5 Å². The first-order valence-corrected chi connectivity index (χ1v) is 10.9. The first-order chi connectivity index (χ1) is 15.3. The number of aromatic nitrogens is 3. The Morgan fingerprint density at radius 1 is 1.12 bits per heavy atom. The topological polar surface area (TPSA) is 88.1 Å². The van der Waals surface area contributed by atoms with Gasteiger partial charge >= 0.3 is 0 Å². The zero-order valence-electron chi connectivity index (χ0n) is 18.4. The van der Waals surface area contributed by atoms with E-state index in [1.54, 1.807) is 35.5 Å². The first kappa shape index (κ1) is 20.3. The van der Waals surface area contributed by atoms with Gasteiger partial charge in [0.15, 0.2) is 0 Å². The monoisotopic (exact) mass is 427 g/mol. The summed E-state index contributed by atoms with van der Waals surface area (Å²) in [4.78, 5) is 40.8. The van der Waals surface area contributed by atoms with Crippen LogP contribution in [0.25, 0.3) is 11.1 Å². The molecule has 1 aromatic carbocycles. The van der Waals surface area contributed by atoms with Crippen LogP contribution >= 0.6 is 0 Å². The molecule has 0 atom stereocenters. The van der Waals surface area contributed by atoms with Crippen LogP contribution in [-0.4, -0.2) is 33.3 Å². The Hall–Kier alpha value is -3.61. The fraction of sp³-hybridized carbons (Fsp3) is 0.320. The number of rotatable bonds is 5. The van der Waals surface area contributed by atoms with Crippen LogP contribution in [0.1, 0.15) is 48.6 Å². The predicted octanol–water partition coefficient (Wildman–Crippen LogP) is 3.94. The Labute approximate surface area is 186 Å². The smallest absolute Gasteiger partial charge is 0.269 e. The third-order valence-electron chi connectivity index (χ3n) is 6.21. The number of aryl methyl sites for hydroxylation is 1. The molecule has 0 saturated heterocycles. The van der Waals surface area contributed by atoms with Crippen molar-refractivity contribution in [2.45, 2.75) is 39.0 Å². The van der Waals surface area contributed by atoms with Gasteiger partial charge in [0.25, 0.3) is 5.91 Å². The van der Waals surface area contributed by atoms with Gasteiger partial charge in [-0.2, -0.15) is 0 Å². The average molecular weight is 428 g/mol. The highest BCUT2D eigenvalue weighted by molar-refractivity contribution is 6.12. The number of benzene rings is 1. The minimum absolute atomic E-state index is 0.0761. The second-order valence-electron chi connectivity index (χ2n) is 9.05. The van der Waals surface area contributed by atoms with E-state index in [-0.39, 0.29) is 11.8 Å². The summed E-state index contributed by atoms with van der Waals surface area (Å²) >= 11 is 0. The zero-order valence-corrected chi connectivity index (χ0v) is 18.4. The van der Waals surface area contributed by atoms with Gasteiger partial charge in [-0.25, -0.2) is 15.0 Å². The van der Waals surface area contributed by atoms with E-state index < -0.39 is 5.41 Å². The van der Waals surface area contributed by atoms with Crippen LogP contribution in [0, 0.1) is 12.8 Å². The maximum atomic E-state index is 13.4. The van der Waals surface area contributed by atoms with Crippen molar-refractivity contribution in [2.75, 3.05) is 11.4 Å². The standard InChI is InChI=1S/C25H25N5O2/c1-15-26-13-18(14-27-15)17-9-10-19-21(11-17)30(24(32)25(19,2)3)22-6-4-5-20(29-22)23(31)28-12-16-7-8-16/h4-6,9-11,13-14,16H,7-8,12H2,1-3H3,(H,28,31). The number of carbonyl (C=O) groups excluding carboxylic acids is 2. The molecule has 1 aliphatic heterocycles. The van der Waals surface area contributed by atoms with Crippen molar-refractivity contribution in [1.82, 2.24) is 20.3 Å². The number of carbonyl (C=O) groups is 2. The number of nitrogens with one attached hydrogen (secondary N) is 1. The summed E-state index contributed by atoms with van der Waals surface area (Å²) in [6, 6.07) is 11.2. The van der Waals surface area contributed by atoms with Crippen LogP contribution in [0.15, 0.2) is 48.8 Å². The summed E-state index contributed by atoms with van der Waals surface area (Å²) in [6.07, 6.45) is 5.88. The van der Waals surface area contributed by atoms with E-state index in [0.29, 0.717) is 29.8 Å². The molecule has 0 radical (unpaired) electrons. The Bertz CT molecular complexity index is 1220. The van der Waals surface area contributed by atoms with Crippen molar-refractivity contribution < 1.29 is 9.59 Å². The maximum Gasteiger partial charge on any atom is 0.269 e. The summed E-state index contributed by atoms with van der Waals surface area (Å²) < 4.78 is 0. The van der Waals surface area contributed by atoms with Crippen molar-refractivity contribution in [3.63, 3.8) is 0 Å². The molecule has 5 rings (SSSR count). The lowest BCUT2D eigenvalue weighted by molar-refractivity contribution is -0.121. The van der Waals surface area contributed by atoms with Gasteiger partial charge in [-0.05, 0) is 68.9 Å². The van der Waals surface area contributed by atoms with Crippen molar-refractivity contribution in [2.24, 2.45) is 5.92 Å². The summed E-state index contributed by atoms with van der Waals surface area (Å²) in [5.74, 6) is 1.44. The largest absolute Gasteiger partial charge is 0.350 e. The molecular weight excluding hydrogens is 402 g/mol. The minimum atomic E-state index is -0.705. The van der Waals surface area contributed by atoms with E-state index in [1.165, 1.54) is 0 Å². The van der Waals surface area contributed by atoms with Crippen molar-refractivity contribution in [3.8, 4) is 11.1 Å². The highest BCUT2D eigenvalue weighted by Gasteiger charge is 2.45. The quantitative estimate of drug-likeness (QED) is 0.666. The van der Waals surface area contributed by atoms with Gasteiger partial charge in [0.05, 0.1) is 11.1 Å². The van der Waals surface area contributed by atoms with Crippen molar-refractivity contribution in [1.29, 1.82) is 0 Å². The third kappa shape index (κ3) is 3.53. The molecule has 3 aromatic rings. The Morgan fingerprint density at radius 2 is 1.88 bits per heavy atom. The second kappa shape index (κ2) is 7.51. The molecule has 1 N–H and O–H groups in total. The molecule has 162 valence electrons. The van der Waals surface area contributed by atoms with Crippen LogP contribution < -0.4 is 10.2 Å². The van der Waals surface area contributed by atoms with Gasteiger partial charge in [-0.15, -0.1) is 0 Å². The highest BCUT2D eigenvalue weighted by Crippen LogP contribution is 2.46. The fourth-order valence-corrected chi connectivity index (χ4v) is 4.02. The van der Waals surface area contributed by atoms with Crippen LogP contribution in [0.5, 0.6) is 0 Å². The van der Waals surface area contributed by atoms with Crippen LogP contribution in [0.3, 0.4) is 0 Å². The predicted molar refractivity (Wildman–Crippen MR) is 122 cm³/mol. The number of nitrogens with zero attached hydrogens (tertiary/aromatic N) is 4. The van der Waals surface area contributed by atoms with Gasteiger partial charge in [-0.1, -0.05) is 18.2 Å². The zero-order chi connectivity index (χ0) is 22.5. The Balaban J connectivity index is 1.53. The van der Waals surface area contributed by atoms with Gasteiger partial charge in [0.2, 0.25) is 5.91 Å². The molecule has 2 aliphatic rings. The molecular formula is C25H25N5O2. The van der Waals surface area contributed by atoms with Crippen molar-refractivity contribution >= 4 is 23.3 Å². The molecule has 0 unspecified atom stereocenters. The summed E-state index contributed by atoms with van der Waals surface area (Å²) in [5, 5.41) is 2.94. The summed E-state index contributed by atoms with van der Waals surface area (Å²) in [5.41, 5.74) is 3.08. The number of amides is 2. The second-order valence-corrected chi connectivity index (χ2v) is 9.05. The van der Waals surface area contributed by atoms with E-state index >= 15 is 0 Å². The Kier molecular flexibility index (Phi) is 4.77. The molecule has 3 heterocycles. The third-order valence-corrected chi connectivity index (χ3v) is 6.21. The van der Waals surface area contributed by atoms with Gasteiger partial charge in [0.1, 0.15) is 17.3 Å². The molecule has 2 aromatic heterocycles. The van der Waals surface area contributed by atoms with Crippen LogP contribution in [0.4, 0.5) is 11.5 Å². The molecule has 1 saturated carbocycles. The molecule has 7 nitrogen and oxygen atoms in total. The van der Waals surface area contributed by atoms with Crippen LogP contribution in [-0.2, 0) is 10.2 Å². The summed E-state index contributed by atoms with van der Waals surface area (Å²) in [7, 11) is 0. The Morgan fingerprint density at radius 3 is 2.59 bits per heavy atom. The first-order valence-electron chi connectivity index (χ1n) is 10.9. The van der Waals surface area contributed by atoms with E-state index in [0.717, 1.165) is 35.2 Å². The van der Waals surface area contributed by atoms with E-state index in [1.807, 2.05) is 39.0 Å². The number of hydrogen-bond acceptors (Lipinski definition) is 5. The number of anilines is 2. The minimum Gasteiger partial charge on any atom is -0.350 e. The van der Waals surface area contributed by atoms with Crippen LogP contribution in [0.2, 0.25) is 0 Å². The molecule has 7 heteroatoms. The molecule has 2 amide bonds. The lowest BCUT2D eigenvalue weighted by Gasteiger charge is -2.20. The van der Waals surface area contributed by atoms with Crippen molar-refractivity contribution in [3.05, 3.63) is 65.9 Å². The molecule has 0 bridgehead atoms. The lowest BCUT2D eigenvalue weighted by Crippen LogP contribution is -2.34. The molecule has 0 spiro atoms. The van der Waals surface area contributed by atoms with E-state index in [2.05, 4.69) is 20.3 Å². The molecule has 1 aliphatic carbocycles. The average Bonchev–Trinajstić information content (AvgIpc) is 3.60. The maximum absolute atomic E-state index is 13.4. The lowest BCUT2D eigenvalue weighted by atomic mass is 9.85. The molecule has 32 heavy (non-hydrogen) atoms. The van der Waals surface area contributed by atoms with Gasteiger partial charge in [0, 0.05) is 24.5 Å². The number of hydrogen-bond donors (Lipinski definition) is 1. The summed E-state index contributed by atoms with van der Waals surface area (Å²) in [6.45, 7) is 6.34. The number of pyridine rings is 1. The SMILES string of the molecule is Cc1ncc(-c2ccc3c(c2)N(c2cccc(C(=O)NCC4CC4)n2)C(=O)C3(C)C)cn1. The van der Waals surface area contributed by atoms with Gasteiger partial charge < -0.3 is 5.32 Å².